The molecular formula is C14H12BrClO. The van der Waals surface area contributed by atoms with Crippen LogP contribution in [-0.2, 0) is 0 Å². The number of hydrogen-bond donors (Lipinski definition) is 1. The average molecular weight is 312 g/mol. The van der Waals surface area contributed by atoms with Gasteiger partial charge in [-0.05, 0) is 46.1 Å². The molecule has 17 heavy (non-hydrogen) atoms. The van der Waals surface area contributed by atoms with E-state index in [4.69, 9.17) is 11.6 Å². The summed E-state index contributed by atoms with van der Waals surface area (Å²) in [6.45, 7) is 2.01. The molecule has 0 aliphatic heterocycles. The molecule has 0 aliphatic carbocycles. The van der Waals surface area contributed by atoms with Crippen LogP contribution in [0.5, 0.6) is 0 Å². The lowest BCUT2D eigenvalue weighted by Crippen LogP contribution is -1.99. The summed E-state index contributed by atoms with van der Waals surface area (Å²) in [6, 6.07) is 13.3. The molecule has 0 heterocycles. The van der Waals surface area contributed by atoms with Gasteiger partial charge in [0.15, 0.2) is 0 Å². The van der Waals surface area contributed by atoms with Crippen LogP contribution in [0, 0.1) is 6.92 Å². The van der Waals surface area contributed by atoms with Crippen LogP contribution in [0.1, 0.15) is 22.8 Å². The van der Waals surface area contributed by atoms with Gasteiger partial charge in [0.05, 0.1) is 5.02 Å². The van der Waals surface area contributed by atoms with Crippen molar-refractivity contribution in [3.63, 3.8) is 0 Å². The summed E-state index contributed by atoms with van der Waals surface area (Å²) in [5, 5.41) is 10.9. The molecule has 1 N–H and O–H groups in total. The largest absolute Gasteiger partial charge is 0.384 e. The fourth-order valence-electron chi connectivity index (χ4n) is 1.72. The van der Waals surface area contributed by atoms with Crippen LogP contribution in [0.25, 0.3) is 0 Å². The Balaban J connectivity index is 2.36. The summed E-state index contributed by atoms with van der Waals surface area (Å²) in [6.07, 6.45) is -0.622. The molecule has 0 radical (unpaired) electrons. The summed E-state index contributed by atoms with van der Waals surface area (Å²) < 4.78 is 0.795. The Bertz CT molecular complexity index is 539. The number of benzene rings is 2. The summed E-state index contributed by atoms with van der Waals surface area (Å²) in [5.74, 6) is 0. The lowest BCUT2D eigenvalue weighted by molar-refractivity contribution is 0.220. The molecule has 0 amide bonds. The van der Waals surface area contributed by atoms with Crippen molar-refractivity contribution >= 4 is 27.5 Å². The fraction of sp³-hybridized carbons (Fsp3) is 0.143. The van der Waals surface area contributed by atoms with Crippen molar-refractivity contribution in [2.75, 3.05) is 0 Å². The van der Waals surface area contributed by atoms with Crippen LogP contribution in [0.4, 0.5) is 0 Å². The molecule has 0 saturated carbocycles. The zero-order chi connectivity index (χ0) is 12.4. The number of hydrogen-bond acceptors (Lipinski definition) is 1. The van der Waals surface area contributed by atoms with Crippen molar-refractivity contribution in [3.8, 4) is 0 Å². The molecule has 0 fully saturated rings. The van der Waals surface area contributed by atoms with E-state index in [1.54, 1.807) is 6.07 Å². The molecule has 0 aromatic heterocycles. The average Bonchev–Trinajstić information content (AvgIpc) is 2.32. The molecule has 0 spiro atoms. The van der Waals surface area contributed by atoms with Crippen LogP contribution in [0.3, 0.4) is 0 Å². The van der Waals surface area contributed by atoms with E-state index in [1.807, 2.05) is 43.3 Å². The highest BCUT2D eigenvalue weighted by atomic mass is 79.9. The van der Waals surface area contributed by atoms with Crippen LogP contribution < -0.4 is 0 Å². The standard InChI is InChI=1S/C14H12BrClO/c1-9-3-2-4-10(7-9)14(17)11-5-6-13(16)12(15)8-11/h2-8,14,17H,1H3. The zero-order valence-electron chi connectivity index (χ0n) is 9.32. The van der Waals surface area contributed by atoms with Crippen molar-refractivity contribution in [2.45, 2.75) is 13.0 Å². The predicted octanol–water partition coefficient (Wildman–Crippen LogP) is 4.49. The molecule has 0 saturated heterocycles. The lowest BCUT2D eigenvalue weighted by Gasteiger charge is -2.13. The van der Waals surface area contributed by atoms with Gasteiger partial charge in [-0.15, -0.1) is 0 Å². The van der Waals surface area contributed by atoms with Crippen LogP contribution >= 0.6 is 27.5 Å². The van der Waals surface area contributed by atoms with Gasteiger partial charge in [-0.1, -0.05) is 47.5 Å². The third-order valence-electron chi connectivity index (χ3n) is 2.62. The molecule has 1 unspecified atom stereocenters. The third-order valence-corrected chi connectivity index (χ3v) is 3.83. The van der Waals surface area contributed by atoms with E-state index in [0.29, 0.717) is 5.02 Å². The Morgan fingerprint density at radius 1 is 1.12 bits per heavy atom. The van der Waals surface area contributed by atoms with Gasteiger partial charge in [-0.2, -0.15) is 0 Å². The Morgan fingerprint density at radius 3 is 2.47 bits per heavy atom. The highest BCUT2D eigenvalue weighted by Crippen LogP contribution is 2.29. The first-order valence-corrected chi connectivity index (χ1v) is 6.44. The maximum atomic E-state index is 10.3. The Labute approximate surface area is 114 Å². The Morgan fingerprint density at radius 2 is 1.82 bits per heavy atom. The molecule has 2 rings (SSSR count). The second-order valence-electron chi connectivity index (χ2n) is 3.99. The molecule has 1 nitrogen and oxygen atoms in total. The van der Waals surface area contributed by atoms with E-state index in [-0.39, 0.29) is 0 Å². The second kappa shape index (κ2) is 5.21. The Hall–Kier alpha value is -0.830. The first-order valence-electron chi connectivity index (χ1n) is 5.27. The van der Waals surface area contributed by atoms with Crippen molar-refractivity contribution in [3.05, 3.63) is 68.7 Å². The minimum absolute atomic E-state index is 0.622. The minimum atomic E-state index is -0.622. The SMILES string of the molecule is Cc1cccc(C(O)c2ccc(Cl)c(Br)c2)c1. The van der Waals surface area contributed by atoms with Gasteiger partial charge in [0.25, 0.3) is 0 Å². The molecule has 2 aromatic rings. The predicted molar refractivity (Wildman–Crippen MR) is 74.4 cm³/mol. The third kappa shape index (κ3) is 2.89. The van der Waals surface area contributed by atoms with Gasteiger partial charge in [0.2, 0.25) is 0 Å². The first kappa shape index (κ1) is 12.6. The first-order chi connectivity index (χ1) is 8.08. The Kier molecular flexibility index (Phi) is 3.87. The van der Waals surface area contributed by atoms with Gasteiger partial charge in [0, 0.05) is 4.47 Å². The van der Waals surface area contributed by atoms with Crippen LogP contribution in [-0.4, -0.2) is 5.11 Å². The number of aliphatic hydroxyl groups is 1. The summed E-state index contributed by atoms with van der Waals surface area (Å²) >= 11 is 9.29. The van der Waals surface area contributed by atoms with Crippen molar-refractivity contribution < 1.29 is 5.11 Å². The minimum Gasteiger partial charge on any atom is -0.384 e. The van der Waals surface area contributed by atoms with Crippen molar-refractivity contribution in [1.29, 1.82) is 0 Å². The maximum absolute atomic E-state index is 10.3. The van der Waals surface area contributed by atoms with E-state index < -0.39 is 6.10 Å². The van der Waals surface area contributed by atoms with E-state index in [9.17, 15) is 5.11 Å². The van der Waals surface area contributed by atoms with Gasteiger partial charge in [0.1, 0.15) is 6.10 Å². The molecule has 3 heteroatoms. The number of aliphatic hydroxyl groups excluding tert-OH is 1. The van der Waals surface area contributed by atoms with E-state index in [1.165, 1.54) is 0 Å². The van der Waals surface area contributed by atoms with Crippen molar-refractivity contribution in [1.82, 2.24) is 0 Å². The van der Waals surface area contributed by atoms with Gasteiger partial charge in [-0.25, -0.2) is 0 Å². The monoisotopic (exact) mass is 310 g/mol. The zero-order valence-corrected chi connectivity index (χ0v) is 11.7. The van der Waals surface area contributed by atoms with E-state index in [0.717, 1.165) is 21.2 Å². The van der Waals surface area contributed by atoms with Gasteiger partial charge in [-0.3, -0.25) is 0 Å². The van der Waals surface area contributed by atoms with E-state index in [2.05, 4.69) is 15.9 Å². The smallest absolute Gasteiger partial charge is 0.104 e. The molecule has 0 bridgehead atoms. The molecule has 0 aliphatic rings. The van der Waals surface area contributed by atoms with Gasteiger partial charge >= 0.3 is 0 Å². The highest BCUT2D eigenvalue weighted by molar-refractivity contribution is 9.10. The number of rotatable bonds is 2. The summed E-state index contributed by atoms with van der Waals surface area (Å²) in [4.78, 5) is 0. The van der Waals surface area contributed by atoms with E-state index >= 15 is 0 Å². The highest BCUT2D eigenvalue weighted by Gasteiger charge is 2.11. The summed E-state index contributed by atoms with van der Waals surface area (Å²) in [7, 11) is 0. The maximum Gasteiger partial charge on any atom is 0.104 e. The number of halogens is 2. The van der Waals surface area contributed by atoms with Gasteiger partial charge < -0.3 is 5.11 Å². The number of aryl methyl sites for hydroxylation is 1. The molecule has 2 aromatic carbocycles. The molecular weight excluding hydrogens is 300 g/mol. The van der Waals surface area contributed by atoms with Crippen LogP contribution in [0.2, 0.25) is 5.02 Å². The second-order valence-corrected chi connectivity index (χ2v) is 5.25. The van der Waals surface area contributed by atoms with Crippen molar-refractivity contribution in [2.24, 2.45) is 0 Å². The fourth-order valence-corrected chi connectivity index (χ4v) is 2.23. The quantitative estimate of drug-likeness (QED) is 0.866. The lowest BCUT2D eigenvalue weighted by atomic mass is 10.0. The van der Waals surface area contributed by atoms with Crippen LogP contribution in [0.15, 0.2) is 46.9 Å². The normalized spacial score (nSPS) is 12.5. The molecule has 88 valence electrons. The molecule has 1 atom stereocenters. The topological polar surface area (TPSA) is 20.2 Å². The summed E-state index contributed by atoms with van der Waals surface area (Å²) in [5.41, 5.74) is 2.85.